The van der Waals surface area contributed by atoms with Gasteiger partial charge in [0.25, 0.3) is 0 Å². The Labute approximate surface area is 127 Å². The van der Waals surface area contributed by atoms with Gasteiger partial charge in [-0.3, -0.25) is 0 Å². The minimum Gasteiger partial charge on any atom is -0.483 e. The Morgan fingerprint density at radius 1 is 1.36 bits per heavy atom. The van der Waals surface area contributed by atoms with Gasteiger partial charge in [-0.2, -0.15) is 5.26 Å². The van der Waals surface area contributed by atoms with Crippen molar-refractivity contribution >= 4 is 5.57 Å². The Morgan fingerprint density at radius 2 is 2.27 bits per heavy atom. The van der Waals surface area contributed by atoms with Gasteiger partial charge in [0.2, 0.25) is 0 Å². The number of nitriles is 1. The second kappa shape index (κ2) is 6.33. The Hall–Kier alpha value is -2.78. The number of nitrogens with zero attached hydrogens (tertiary/aromatic N) is 3. The number of nitrogens with one attached hydrogen (secondary N) is 1. The van der Waals surface area contributed by atoms with Gasteiger partial charge >= 0.3 is 0 Å². The van der Waals surface area contributed by atoms with Crippen molar-refractivity contribution in [2.75, 3.05) is 13.1 Å². The monoisotopic (exact) mass is 296 g/mol. The summed E-state index contributed by atoms with van der Waals surface area (Å²) in [4.78, 5) is 8.54. The molecule has 0 saturated carbocycles. The molecule has 0 fully saturated rings. The molecule has 0 atom stereocenters. The smallest absolute Gasteiger partial charge is 0.166 e. The van der Waals surface area contributed by atoms with E-state index in [4.69, 9.17) is 10.00 Å². The molecule has 0 unspecified atom stereocenters. The van der Waals surface area contributed by atoms with Crippen molar-refractivity contribution in [1.29, 1.82) is 5.26 Å². The average Bonchev–Trinajstić information content (AvgIpc) is 3.08. The summed E-state index contributed by atoms with van der Waals surface area (Å²) in [5, 5.41) is 11.9. The number of benzene rings is 1. The van der Waals surface area contributed by atoms with Crippen molar-refractivity contribution in [3.8, 4) is 11.8 Å². The standard InChI is InChI=1S/C16H13FN4O/c17-13-7-11(8-18)1-2-15(13)22-10-16-20-6-4-14(21-16)12-3-5-19-9-12/h1-4,6-7,19H,5,9-10H2. The van der Waals surface area contributed by atoms with E-state index in [9.17, 15) is 4.39 Å². The molecule has 110 valence electrons. The van der Waals surface area contributed by atoms with E-state index in [0.29, 0.717) is 5.82 Å². The summed E-state index contributed by atoms with van der Waals surface area (Å²) < 4.78 is 19.1. The summed E-state index contributed by atoms with van der Waals surface area (Å²) in [6.45, 7) is 1.68. The van der Waals surface area contributed by atoms with Gasteiger partial charge in [-0.25, -0.2) is 14.4 Å². The van der Waals surface area contributed by atoms with E-state index in [1.165, 1.54) is 12.1 Å². The predicted octanol–water partition coefficient (Wildman–Crippen LogP) is 2.05. The number of hydrogen-bond donors (Lipinski definition) is 1. The van der Waals surface area contributed by atoms with Gasteiger partial charge in [-0.05, 0) is 29.8 Å². The van der Waals surface area contributed by atoms with Crippen LogP contribution in [0.25, 0.3) is 5.57 Å². The van der Waals surface area contributed by atoms with Crippen LogP contribution in [0.5, 0.6) is 5.75 Å². The molecule has 22 heavy (non-hydrogen) atoms. The van der Waals surface area contributed by atoms with Crippen LogP contribution in [0.3, 0.4) is 0 Å². The van der Waals surface area contributed by atoms with Crippen LogP contribution in [-0.2, 0) is 6.61 Å². The highest BCUT2D eigenvalue weighted by atomic mass is 19.1. The summed E-state index contributed by atoms with van der Waals surface area (Å²) in [7, 11) is 0. The minimum atomic E-state index is -0.571. The first kappa shape index (κ1) is 14.2. The summed E-state index contributed by atoms with van der Waals surface area (Å²) >= 11 is 0. The molecule has 0 amide bonds. The second-order valence-corrected chi connectivity index (χ2v) is 4.76. The molecule has 0 spiro atoms. The molecule has 0 bridgehead atoms. The fourth-order valence-corrected chi connectivity index (χ4v) is 2.15. The van der Waals surface area contributed by atoms with Crippen molar-refractivity contribution in [3.63, 3.8) is 0 Å². The molecule has 1 aromatic carbocycles. The first-order valence-corrected chi connectivity index (χ1v) is 6.81. The average molecular weight is 296 g/mol. The summed E-state index contributed by atoms with van der Waals surface area (Å²) in [5.74, 6) is -0.0123. The lowest BCUT2D eigenvalue weighted by molar-refractivity contribution is 0.281. The Balaban J connectivity index is 1.71. The van der Waals surface area contributed by atoms with E-state index in [1.54, 1.807) is 6.20 Å². The first-order chi connectivity index (χ1) is 10.8. The number of ether oxygens (including phenoxy) is 1. The highest BCUT2D eigenvalue weighted by molar-refractivity contribution is 5.65. The maximum absolute atomic E-state index is 13.7. The van der Waals surface area contributed by atoms with Crippen LogP contribution in [0.2, 0.25) is 0 Å². The maximum atomic E-state index is 13.7. The largest absolute Gasteiger partial charge is 0.483 e. The van der Waals surface area contributed by atoms with Gasteiger partial charge in [0.15, 0.2) is 17.4 Å². The molecule has 6 heteroatoms. The van der Waals surface area contributed by atoms with Gasteiger partial charge in [0, 0.05) is 19.3 Å². The van der Waals surface area contributed by atoms with Crippen LogP contribution in [0.15, 0.2) is 36.5 Å². The molecule has 0 radical (unpaired) electrons. The van der Waals surface area contributed by atoms with E-state index >= 15 is 0 Å². The van der Waals surface area contributed by atoms with Gasteiger partial charge in [0.1, 0.15) is 6.61 Å². The highest BCUT2D eigenvalue weighted by Gasteiger charge is 2.10. The highest BCUT2D eigenvalue weighted by Crippen LogP contribution is 2.19. The second-order valence-electron chi connectivity index (χ2n) is 4.76. The van der Waals surface area contributed by atoms with Crippen molar-refractivity contribution in [1.82, 2.24) is 15.3 Å². The van der Waals surface area contributed by atoms with Crippen LogP contribution in [-0.4, -0.2) is 23.1 Å². The van der Waals surface area contributed by atoms with Crippen molar-refractivity contribution < 1.29 is 9.13 Å². The van der Waals surface area contributed by atoms with E-state index < -0.39 is 5.82 Å². The van der Waals surface area contributed by atoms with E-state index in [0.717, 1.165) is 30.4 Å². The Morgan fingerprint density at radius 3 is 3.00 bits per heavy atom. The molecule has 1 N–H and O–H groups in total. The Bertz CT molecular complexity index is 767. The van der Waals surface area contributed by atoms with Crippen LogP contribution >= 0.6 is 0 Å². The molecule has 3 rings (SSSR count). The van der Waals surface area contributed by atoms with Gasteiger partial charge < -0.3 is 10.1 Å². The van der Waals surface area contributed by atoms with Crippen LogP contribution in [0.4, 0.5) is 4.39 Å². The third-order valence-electron chi connectivity index (χ3n) is 3.26. The molecular formula is C16H13FN4O. The van der Waals surface area contributed by atoms with E-state index in [2.05, 4.69) is 21.4 Å². The molecule has 2 heterocycles. The lowest BCUT2D eigenvalue weighted by atomic mass is 10.2. The number of aromatic nitrogens is 2. The van der Waals surface area contributed by atoms with Crippen molar-refractivity contribution in [2.45, 2.75) is 6.61 Å². The predicted molar refractivity (Wildman–Crippen MR) is 78.3 cm³/mol. The SMILES string of the molecule is N#Cc1ccc(OCc2nccc(C3=CCNC3)n2)c(F)c1. The fraction of sp³-hybridized carbons (Fsp3) is 0.188. The third-order valence-corrected chi connectivity index (χ3v) is 3.26. The molecule has 1 aliphatic heterocycles. The van der Waals surface area contributed by atoms with Crippen molar-refractivity contribution in [3.05, 3.63) is 59.4 Å². The normalized spacial score (nSPS) is 13.5. The zero-order valence-electron chi connectivity index (χ0n) is 11.7. The minimum absolute atomic E-state index is 0.0668. The number of halogens is 1. The van der Waals surface area contributed by atoms with E-state index in [1.807, 2.05) is 12.1 Å². The number of rotatable bonds is 4. The zero-order chi connectivity index (χ0) is 15.4. The molecule has 0 aliphatic carbocycles. The van der Waals surface area contributed by atoms with Crippen LogP contribution in [0, 0.1) is 17.1 Å². The molecule has 2 aromatic rings. The topological polar surface area (TPSA) is 70.8 Å². The van der Waals surface area contributed by atoms with Gasteiger partial charge in [0.05, 0.1) is 17.3 Å². The summed E-state index contributed by atoms with van der Waals surface area (Å²) in [6.07, 6.45) is 3.74. The van der Waals surface area contributed by atoms with Crippen LogP contribution < -0.4 is 10.1 Å². The van der Waals surface area contributed by atoms with Gasteiger partial charge in [-0.15, -0.1) is 0 Å². The summed E-state index contributed by atoms with van der Waals surface area (Å²) in [6, 6.07) is 7.79. The zero-order valence-corrected chi connectivity index (χ0v) is 11.7. The summed E-state index contributed by atoms with van der Waals surface area (Å²) in [5.41, 5.74) is 2.22. The van der Waals surface area contributed by atoms with Gasteiger partial charge in [-0.1, -0.05) is 6.08 Å². The molecule has 0 saturated heterocycles. The molecular weight excluding hydrogens is 283 g/mol. The molecule has 1 aromatic heterocycles. The molecule has 5 nitrogen and oxygen atoms in total. The number of hydrogen-bond acceptors (Lipinski definition) is 5. The quantitative estimate of drug-likeness (QED) is 0.935. The maximum Gasteiger partial charge on any atom is 0.166 e. The fourth-order valence-electron chi connectivity index (χ4n) is 2.15. The first-order valence-electron chi connectivity index (χ1n) is 6.81. The van der Waals surface area contributed by atoms with E-state index in [-0.39, 0.29) is 17.9 Å². The van der Waals surface area contributed by atoms with Crippen molar-refractivity contribution in [2.24, 2.45) is 0 Å². The third kappa shape index (κ3) is 3.10. The lowest BCUT2D eigenvalue weighted by Crippen LogP contribution is -2.09. The lowest BCUT2D eigenvalue weighted by Gasteiger charge is -2.08. The Kier molecular flexibility index (Phi) is 4.08. The van der Waals surface area contributed by atoms with Crippen LogP contribution in [0.1, 0.15) is 17.1 Å². The molecule has 1 aliphatic rings.